The van der Waals surface area contributed by atoms with Gasteiger partial charge in [-0.05, 0) is 24.6 Å². The van der Waals surface area contributed by atoms with Crippen LogP contribution in [0.5, 0.6) is 5.75 Å². The van der Waals surface area contributed by atoms with Crippen molar-refractivity contribution in [1.82, 2.24) is 20.3 Å². The number of aromatic nitrogens is 3. The van der Waals surface area contributed by atoms with Crippen molar-refractivity contribution in [1.29, 1.82) is 0 Å². The number of likely N-dealkylation sites (N-methyl/N-ethyl adjacent to an activating group) is 1. The standard InChI is InChI=1S/C21H21N5O3/c1-14-7-9-15(10-8-14)11-26-12-16(23-24-26)20(27)22-17-13-29-19-6-4-3-5-18(19)25(2)21(17)28/h3-10,12,17H,11,13H2,1-2H3,(H,22,27). The number of carbonyl (C=O) groups is 2. The van der Waals surface area contributed by atoms with Crippen molar-refractivity contribution in [2.24, 2.45) is 0 Å². The van der Waals surface area contributed by atoms with Gasteiger partial charge in [-0.1, -0.05) is 47.2 Å². The van der Waals surface area contributed by atoms with Crippen molar-refractivity contribution >= 4 is 17.5 Å². The zero-order valence-corrected chi connectivity index (χ0v) is 16.2. The van der Waals surface area contributed by atoms with Crippen molar-refractivity contribution in [2.75, 3.05) is 18.6 Å². The number of fused-ring (bicyclic) bond motifs is 1. The van der Waals surface area contributed by atoms with E-state index in [4.69, 9.17) is 4.74 Å². The minimum absolute atomic E-state index is 0.0451. The minimum Gasteiger partial charge on any atom is -0.489 e. The molecule has 8 heteroatoms. The van der Waals surface area contributed by atoms with E-state index in [1.807, 2.05) is 43.3 Å². The molecule has 1 aliphatic heterocycles. The predicted molar refractivity (Wildman–Crippen MR) is 107 cm³/mol. The highest BCUT2D eigenvalue weighted by Gasteiger charge is 2.31. The molecule has 148 valence electrons. The maximum absolute atomic E-state index is 12.7. The SMILES string of the molecule is Cc1ccc(Cn2cc(C(=O)NC3COc4ccccc4N(C)C3=O)nn2)cc1. The van der Waals surface area contributed by atoms with Gasteiger partial charge in [0.1, 0.15) is 18.4 Å². The van der Waals surface area contributed by atoms with Crippen LogP contribution < -0.4 is 15.0 Å². The van der Waals surface area contributed by atoms with E-state index in [1.54, 1.807) is 30.1 Å². The molecule has 0 fully saturated rings. The summed E-state index contributed by atoms with van der Waals surface area (Å²) in [5, 5.41) is 10.7. The molecule has 1 aromatic heterocycles. The zero-order valence-electron chi connectivity index (χ0n) is 16.2. The topological polar surface area (TPSA) is 89.4 Å². The molecule has 2 heterocycles. The average Bonchev–Trinajstić information content (AvgIpc) is 3.16. The van der Waals surface area contributed by atoms with Gasteiger partial charge < -0.3 is 15.0 Å². The van der Waals surface area contributed by atoms with Crippen LogP contribution in [0.1, 0.15) is 21.6 Å². The number of nitrogens with zero attached hydrogens (tertiary/aromatic N) is 4. The maximum atomic E-state index is 12.7. The summed E-state index contributed by atoms with van der Waals surface area (Å²) in [4.78, 5) is 26.8. The second kappa shape index (κ2) is 7.75. The molecule has 0 saturated heterocycles. The molecule has 4 rings (SSSR count). The van der Waals surface area contributed by atoms with Crippen molar-refractivity contribution < 1.29 is 14.3 Å². The third kappa shape index (κ3) is 3.96. The third-order valence-electron chi connectivity index (χ3n) is 4.80. The van der Waals surface area contributed by atoms with Gasteiger partial charge in [-0.2, -0.15) is 0 Å². The Labute approximate surface area is 168 Å². The first-order valence-electron chi connectivity index (χ1n) is 9.27. The van der Waals surface area contributed by atoms with E-state index in [-0.39, 0.29) is 18.2 Å². The Bertz CT molecular complexity index is 1040. The number of amides is 2. The number of hydrogen-bond acceptors (Lipinski definition) is 5. The van der Waals surface area contributed by atoms with Crippen LogP contribution in [-0.4, -0.2) is 46.5 Å². The molecule has 3 aromatic rings. The molecular weight excluding hydrogens is 370 g/mol. The van der Waals surface area contributed by atoms with Gasteiger partial charge in [0.15, 0.2) is 5.69 Å². The number of carbonyl (C=O) groups excluding carboxylic acids is 2. The minimum atomic E-state index is -0.817. The van der Waals surface area contributed by atoms with E-state index in [9.17, 15) is 9.59 Å². The summed E-state index contributed by atoms with van der Waals surface area (Å²) in [7, 11) is 1.66. The molecule has 1 unspecified atom stereocenters. The summed E-state index contributed by atoms with van der Waals surface area (Å²) in [6, 6.07) is 14.5. The Morgan fingerprint density at radius 3 is 2.76 bits per heavy atom. The number of rotatable bonds is 4. The average molecular weight is 391 g/mol. The van der Waals surface area contributed by atoms with E-state index in [0.29, 0.717) is 18.0 Å². The maximum Gasteiger partial charge on any atom is 0.274 e. The van der Waals surface area contributed by atoms with Crippen LogP contribution in [0, 0.1) is 6.92 Å². The normalized spacial score (nSPS) is 16.0. The highest BCUT2D eigenvalue weighted by molar-refractivity contribution is 6.02. The Morgan fingerprint density at radius 2 is 1.97 bits per heavy atom. The third-order valence-corrected chi connectivity index (χ3v) is 4.80. The van der Waals surface area contributed by atoms with Crippen molar-refractivity contribution in [2.45, 2.75) is 19.5 Å². The van der Waals surface area contributed by atoms with Gasteiger partial charge in [0.05, 0.1) is 18.4 Å². The van der Waals surface area contributed by atoms with E-state index >= 15 is 0 Å². The molecule has 1 N–H and O–H groups in total. The Kier molecular flexibility index (Phi) is 4.99. The lowest BCUT2D eigenvalue weighted by molar-refractivity contribution is -0.120. The predicted octanol–water partition coefficient (Wildman–Crippen LogP) is 1.79. The summed E-state index contributed by atoms with van der Waals surface area (Å²) in [5.41, 5.74) is 3.04. The fraction of sp³-hybridized carbons (Fsp3) is 0.238. The molecule has 0 saturated carbocycles. The monoisotopic (exact) mass is 391 g/mol. The van der Waals surface area contributed by atoms with Crippen LogP contribution in [0.2, 0.25) is 0 Å². The zero-order chi connectivity index (χ0) is 20.4. The molecule has 2 amide bonds. The van der Waals surface area contributed by atoms with Gasteiger partial charge in [0.2, 0.25) is 0 Å². The van der Waals surface area contributed by atoms with Gasteiger partial charge >= 0.3 is 0 Å². The lowest BCUT2D eigenvalue weighted by Crippen LogP contribution is -2.49. The van der Waals surface area contributed by atoms with Gasteiger partial charge in [-0.25, -0.2) is 4.68 Å². The Balaban J connectivity index is 1.44. The number of anilines is 1. The van der Waals surface area contributed by atoms with Crippen LogP contribution in [0.25, 0.3) is 0 Å². The van der Waals surface area contributed by atoms with E-state index in [2.05, 4.69) is 15.6 Å². The molecule has 2 aromatic carbocycles. The van der Waals surface area contributed by atoms with Crippen LogP contribution in [0.3, 0.4) is 0 Å². The molecule has 0 radical (unpaired) electrons. The van der Waals surface area contributed by atoms with Crippen LogP contribution >= 0.6 is 0 Å². The number of aryl methyl sites for hydroxylation is 1. The van der Waals surface area contributed by atoms with Crippen LogP contribution in [0.4, 0.5) is 5.69 Å². The Morgan fingerprint density at radius 1 is 1.21 bits per heavy atom. The van der Waals surface area contributed by atoms with Gasteiger partial charge in [0, 0.05) is 7.05 Å². The Hall–Kier alpha value is -3.68. The molecular formula is C21H21N5O3. The summed E-state index contributed by atoms with van der Waals surface area (Å²) in [5.74, 6) is -0.124. The molecule has 1 aliphatic rings. The lowest BCUT2D eigenvalue weighted by Gasteiger charge is -2.19. The molecule has 0 spiro atoms. The van der Waals surface area contributed by atoms with Crippen molar-refractivity contribution in [3.63, 3.8) is 0 Å². The van der Waals surface area contributed by atoms with Gasteiger partial charge in [0.25, 0.3) is 11.8 Å². The van der Waals surface area contributed by atoms with Crippen molar-refractivity contribution in [3.8, 4) is 5.75 Å². The first-order valence-corrected chi connectivity index (χ1v) is 9.27. The highest BCUT2D eigenvalue weighted by atomic mass is 16.5. The summed E-state index contributed by atoms with van der Waals surface area (Å²) in [6.07, 6.45) is 1.57. The van der Waals surface area contributed by atoms with Gasteiger partial charge in [-0.3, -0.25) is 9.59 Å². The van der Waals surface area contributed by atoms with Crippen molar-refractivity contribution in [3.05, 3.63) is 71.5 Å². The highest BCUT2D eigenvalue weighted by Crippen LogP contribution is 2.29. The number of nitrogens with one attached hydrogen (secondary N) is 1. The van der Waals surface area contributed by atoms with E-state index < -0.39 is 11.9 Å². The largest absolute Gasteiger partial charge is 0.489 e. The summed E-state index contributed by atoms with van der Waals surface area (Å²) in [6.45, 7) is 2.57. The first kappa shape index (κ1) is 18.7. The van der Waals surface area contributed by atoms with E-state index in [1.165, 1.54) is 10.5 Å². The smallest absolute Gasteiger partial charge is 0.274 e. The lowest BCUT2D eigenvalue weighted by atomic mass is 10.1. The summed E-state index contributed by atoms with van der Waals surface area (Å²) >= 11 is 0. The first-order chi connectivity index (χ1) is 14.0. The number of para-hydroxylation sites is 2. The van der Waals surface area contributed by atoms with Crippen LogP contribution in [-0.2, 0) is 11.3 Å². The summed E-state index contributed by atoms with van der Waals surface area (Å²) < 4.78 is 7.30. The van der Waals surface area contributed by atoms with E-state index in [0.717, 1.165) is 5.56 Å². The number of hydrogen-bond donors (Lipinski definition) is 1. The van der Waals surface area contributed by atoms with Crippen LogP contribution in [0.15, 0.2) is 54.7 Å². The number of ether oxygens (including phenoxy) is 1. The molecule has 8 nitrogen and oxygen atoms in total. The molecule has 0 aliphatic carbocycles. The second-order valence-electron chi connectivity index (χ2n) is 6.99. The number of benzene rings is 2. The molecule has 29 heavy (non-hydrogen) atoms. The van der Waals surface area contributed by atoms with Gasteiger partial charge in [-0.15, -0.1) is 5.10 Å². The fourth-order valence-electron chi connectivity index (χ4n) is 3.15. The quantitative estimate of drug-likeness (QED) is 0.732. The molecule has 0 bridgehead atoms. The second-order valence-corrected chi connectivity index (χ2v) is 6.99. The molecule has 1 atom stereocenters. The fourth-order valence-corrected chi connectivity index (χ4v) is 3.15.